The summed E-state index contributed by atoms with van der Waals surface area (Å²) in [5.41, 5.74) is 3.14. The van der Waals surface area contributed by atoms with Gasteiger partial charge in [-0.05, 0) is 31.4 Å². The zero-order chi connectivity index (χ0) is 11.0. The molecule has 0 amide bonds. The summed E-state index contributed by atoms with van der Waals surface area (Å²) in [4.78, 5) is 0. The number of nitrogens with one attached hydrogen (secondary N) is 1. The molecule has 16 heavy (non-hydrogen) atoms. The normalized spacial score (nSPS) is 15.6. The molecule has 1 fully saturated rings. The molecular weight excluding hydrogens is 204 g/mol. The molecule has 0 bridgehead atoms. The van der Waals surface area contributed by atoms with E-state index in [4.69, 9.17) is 9.52 Å². The predicted octanol–water partition coefficient (Wildman–Crippen LogP) is 2.08. The summed E-state index contributed by atoms with van der Waals surface area (Å²) < 4.78 is 5.36. The number of aliphatic hydroxyl groups excluding tert-OH is 1. The Morgan fingerprint density at radius 1 is 1.50 bits per heavy atom. The van der Waals surface area contributed by atoms with Crippen molar-refractivity contribution in [2.24, 2.45) is 0 Å². The Labute approximate surface area is 93.3 Å². The fourth-order valence-corrected chi connectivity index (χ4v) is 2.07. The second-order valence-corrected chi connectivity index (χ2v) is 4.19. The fourth-order valence-electron chi connectivity index (χ4n) is 2.07. The molecule has 4 nitrogen and oxygen atoms in total. The summed E-state index contributed by atoms with van der Waals surface area (Å²) in [6.07, 6.45) is 4.72. The molecule has 2 N–H and O–H groups in total. The van der Waals surface area contributed by atoms with Crippen LogP contribution in [0.5, 0.6) is 0 Å². The minimum Gasteiger partial charge on any atom is -0.463 e. The number of H-pyrrole nitrogens is 1. The average Bonchev–Trinajstić information content (AvgIpc) is 2.84. The van der Waals surface area contributed by atoms with Gasteiger partial charge in [0.25, 0.3) is 0 Å². The van der Waals surface area contributed by atoms with Gasteiger partial charge in [-0.15, -0.1) is 0 Å². The molecule has 0 unspecified atom stereocenters. The average molecular weight is 218 g/mol. The maximum atomic E-state index is 9.11. The first-order valence-electron chi connectivity index (χ1n) is 5.62. The van der Waals surface area contributed by atoms with E-state index < -0.39 is 0 Å². The summed E-state index contributed by atoms with van der Waals surface area (Å²) in [6, 6.07) is 3.75. The largest absolute Gasteiger partial charge is 0.463 e. The number of nitrogens with zero attached hydrogens (tertiary/aromatic N) is 1. The third-order valence-corrected chi connectivity index (χ3v) is 3.00. The minimum absolute atomic E-state index is 0.146. The van der Waals surface area contributed by atoms with Gasteiger partial charge in [0.15, 0.2) is 5.76 Å². The molecule has 1 saturated carbocycles. The molecule has 1 aliphatic rings. The van der Waals surface area contributed by atoms with Gasteiger partial charge in [-0.3, -0.25) is 5.10 Å². The third-order valence-electron chi connectivity index (χ3n) is 3.00. The number of hydrogen-bond acceptors (Lipinski definition) is 3. The van der Waals surface area contributed by atoms with Crippen molar-refractivity contribution in [3.63, 3.8) is 0 Å². The number of furan rings is 1. The Balaban J connectivity index is 2.03. The van der Waals surface area contributed by atoms with Crippen LogP contribution < -0.4 is 0 Å². The SMILES string of the molecule is OCCc1c(-c2ccco2)n[nH]c1C1CC1. The summed E-state index contributed by atoms with van der Waals surface area (Å²) in [6.45, 7) is 0.146. The molecule has 0 atom stereocenters. The highest BCUT2D eigenvalue weighted by Crippen LogP contribution is 2.42. The lowest BCUT2D eigenvalue weighted by Gasteiger charge is -2.01. The summed E-state index contributed by atoms with van der Waals surface area (Å²) in [7, 11) is 0. The second-order valence-electron chi connectivity index (χ2n) is 4.19. The van der Waals surface area contributed by atoms with E-state index in [1.54, 1.807) is 6.26 Å². The summed E-state index contributed by atoms with van der Waals surface area (Å²) in [5.74, 6) is 1.38. The molecule has 4 heteroatoms. The van der Waals surface area contributed by atoms with E-state index in [0.29, 0.717) is 12.3 Å². The fraction of sp³-hybridized carbons (Fsp3) is 0.417. The quantitative estimate of drug-likeness (QED) is 0.825. The van der Waals surface area contributed by atoms with E-state index in [1.807, 2.05) is 12.1 Å². The molecule has 0 aromatic carbocycles. The minimum atomic E-state index is 0.146. The van der Waals surface area contributed by atoms with Gasteiger partial charge in [0.2, 0.25) is 0 Å². The van der Waals surface area contributed by atoms with Crippen molar-refractivity contribution >= 4 is 0 Å². The molecule has 3 rings (SSSR count). The third kappa shape index (κ3) is 1.55. The van der Waals surface area contributed by atoms with Crippen molar-refractivity contribution in [3.05, 3.63) is 29.7 Å². The van der Waals surface area contributed by atoms with Gasteiger partial charge in [0.05, 0.1) is 6.26 Å². The van der Waals surface area contributed by atoms with E-state index in [0.717, 1.165) is 17.0 Å². The zero-order valence-electron chi connectivity index (χ0n) is 8.94. The first-order chi connectivity index (χ1) is 7.90. The molecule has 2 heterocycles. The number of hydrogen-bond donors (Lipinski definition) is 2. The van der Waals surface area contributed by atoms with Crippen molar-refractivity contribution in [2.75, 3.05) is 6.61 Å². The van der Waals surface area contributed by atoms with Crippen LogP contribution in [0.2, 0.25) is 0 Å². The van der Waals surface area contributed by atoms with Crippen molar-refractivity contribution in [3.8, 4) is 11.5 Å². The van der Waals surface area contributed by atoms with E-state index in [1.165, 1.54) is 18.5 Å². The van der Waals surface area contributed by atoms with Crippen LogP contribution in [0.1, 0.15) is 30.0 Å². The molecule has 2 aromatic rings. The first kappa shape index (κ1) is 9.66. The van der Waals surface area contributed by atoms with E-state index >= 15 is 0 Å². The maximum Gasteiger partial charge on any atom is 0.154 e. The van der Waals surface area contributed by atoms with Crippen LogP contribution in [0.15, 0.2) is 22.8 Å². The van der Waals surface area contributed by atoms with Gasteiger partial charge in [-0.2, -0.15) is 5.10 Å². The monoisotopic (exact) mass is 218 g/mol. The molecule has 0 saturated heterocycles. The van der Waals surface area contributed by atoms with Crippen LogP contribution in [-0.4, -0.2) is 21.9 Å². The van der Waals surface area contributed by atoms with Crippen molar-refractivity contribution < 1.29 is 9.52 Å². The zero-order valence-corrected chi connectivity index (χ0v) is 8.94. The molecule has 0 radical (unpaired) electrons. The summed E-state index contributed by atoms with van der Waals surface area (Å²) >= 11 is 0. The number of aliphatic hydroxyl groups is 1. The van der Waals surface area contributed by atoms with Crippen LogP contribution in [-0.2, 0) is 6.42 Å². The van der Waals surface area contributed by atoms with Crippen molar-refractivity contribution in [2.45, 2.75) is 25.2 Å². The standard InChI is InChI=1S/C12H14N2O2/c15-6-5-9-11(8-3-4-8)13-14-12(9)10-2-1-7-16-10/h1-2,7-8,15H,3-6H2,(H,13,14). The van der Waals surface area contributed by atoms with Crippen LogP contribution >= 0.6 is 0 Å². The smallest absolute Gasteiger partial charge is 0.154 e. The first-order valence-corrected chi connectivity index (χ1v) is 5.62. The Morgan fingerprint density at radius 3 is 3.00 bits per heavy atom. The lowest BCUT2D eigenvalue weighted by Crippen LogP contribution is -1.95. The Bertz CT molecular complexity index is 469. The highest BCUT2D eigenvalue weighted by Gasteiger charge is 2.30. The van der Waals surface area contributed by atoms with E-state index in [-0.39, 0.29) is 6.61 Å². The Hall–Kier alpha value is -1.55. The van der Waals surface area contributed by atoms with Gasteiger partial charge < -0.3 is 9.52 Å². The lowest BCUT2D eigenvalue weighted by molar-refractivity contribution is 0.299. The maximum absolute atomic E-state index is 9.11. The molecule has 0 spiro atoms. The van der Waals surface area contributed by atoms with Crippen molar-refractivity contribution in [1.29, 1.82) is 0 Å². The molecule has 0 aliphatic heterocycles. The molecule has 2 aromatic heterocycles. The van der Waals surface area contributed by atoms with Gasteiger partial charge in [0.1, 0.15) is 5.69 Å². The van der Waals surface area contributed by atoms with Crippen LogP contribution in [0.25, 0.3) is 11.5 Å². The Kier molecular flexibility index (Phi) is 2.29. The highest BCUT2D eigenvalue weighted by molar-refractivity contribution is 5.59. The number of rotatable bonds is 4. The van der Waals surface area contributed by atoms with Gasteiger partial charge in [-0.1, -0.05) is 0 Å². The van der Waals surface area contributed by atoms with E-state index in [2.05, 4.69) is 10.2 Å². The summed E-state index contributed by atoms with van der Waals surface area (Å²) in [5, 5.41) is 16.5. The van der Waals surface area contributed by atoms with E-state index in [9.17, 15) is 0 Å². The molecular formula is C12H14N2O2. The van der Waals surface area contributed by atoms with Crippen LogP contribution in [0.4, 0.5) is 0 Å². The van der Waals surface area contributed by atoms with Gasteiger partial charge >= 0.3 is 0 Å². The topological polar surface area (TPSA) is 62.1 Å². The lowest BCUT2D eigenvalue weighted by atomic mass is 10.1. The predicted molar refractivity (Wildman–Crippen MR) is 59.1 cm³/mol. The van der Waals surface area contributed by atoms with Gasteiger partial charge in [-0.25, -0.2) is 0 Å². The van der Waals surface area contributed by atoms with Crippen LogP contribution in [0.3, 0.4) is 0 Å². The number of aromatic nitrogens is 2. The highest BCUT2D eigenvalue weighted by atomic mass is 16.3. The molecule has 1 aliphatic carbocycles. The number of aromatic amines is 1. The second kappa shape index (κ2) is 3.79. The van der Waals surface area contributed by atoms with Crippen LogP contribution in [0, 0.1) is 0 Å². The van der Waals surface area contributed by atoms with Gasteiger partial charge in [0, 0.05) is 23.8 Å². The molecule has 84 valence electrons. The van der Waals surface area contributed by atoms with Crippen molar-refractivity contribution in [1.82, 2.24) is 10.2 Å². The Morgan fingerprint density at radius 2 is 2.38 bits per heavy atom.